The van der Waals surface area contributed by atoms with Gasteiger partial charge in [0, 0.05) is 27.3 Å². The summed E-state index contributed by atoms with van der Waals surface area (Å²) in [5, 5.41) is 0. The van der Waals surface area contributed by atoms with Crippen LogP contribution in [0.3, 0.4) is 0 Å². The van der Waals surface area contributed by atoms with Gasteiger partial charge < -0.3 is 0 Å². The van der Waals surface area contributed by atoms with Crippen molar-refractivity contribution < 1.29 is 13.3 Å². The van der Waals surface area contributed by atoms with Gasteiger partial charge in [-0.2, -0.15) is 4.21 Å². The maximum absolute atomic E-state index is 8.67. The van der Waals surface area contributed by atoms with Crippen LogP contribution in [0.5, 0.6) is 0 Å². The molecule has 0 saturated heterocycles. The standard InChI is InChI=1S/H2O3S.Pb/c1-4(2)3;/h(H2,1,2,3);. The van der Waals surface area contributed by atoms with Crippen molar-refractivity contribution in [2.75, 3.05) is 0 Å². The molecule has 0 atom stereocenters. The summed E-state index contributed by atoms with van der Waals surface area (Å²) >= 11 is -2.61. The van der Waals surface area contributed by atoms with Crippen LogP contribution in [-0.4, -0.2) is 40.6 Å². The first-order valence-electron chi connectivity index (χ1n) is 0.532. The van der Waals surface area contributed by atoms with Crippen molar-refractivity contribution in [3.63, 3.8) is 0 Å². The zero-order valence-corrected chi connectivity index (χ0v) is 6.91. The number of hydrogen-bond acceptors (Lipinski definition) is 1. The summed E-state index contributed by atoms with van der Waals surface area (Å²) < 4.78 is 22.8. The third kappa shape index (κ3) is 45.4. The molecule has 0 aliphatic heterocycles. The molecule has 0 unspecified atom stereocenters. The molecule has 0 saturated carbocycles. The van der Waals surface area contributed by atoms with Crippen LogP contribution in [-0.2, 0) is 11.4 Å². The molecule has 30 valence electrons. The van der Waals surface area contributed by atoms with Crippen molar-refractivity contribution in [2.45, 2.75) is 0 Å². The van der Waals surface area contributed by atoms with Crippen molar-refractivity contribution in [3.05, 3.63) is 0 Å². The number of hydrogen-bond donors (Lipinski definition) is 2. The van der Waals surface area contributed by atoms with Crippen LogP contribution in [0.4, 0.5) is 0 Å². The Bertz CT molecular complexity index is 29.9. The molecule has 0 heterocycles. The minimum Gasteiger partial charge on any atom is -0.284 e. The number of rotatable bonds is 0. The summed E-state index contributed by atoms with van der Waals surface area (Å²) in [5.74, 6) is 0. The average molecular weight is 289 g/mol. The second-order valence-corrected chi connectivity index (χ2v) is 0.692. The minimum absolute atomic E-state index is 0. The largest absolute Gasteiger partial charge is 0.299 e. The molecule has 3 nitrogen and oxygen atoms in total. The molecule has 0 bridgehead atoms. The Labute approximate surface area is 52.0 Å². The van der Waals surface area contributed by atoms with Gasteiger partial charge in [-0.05, 0) is 0 Å². The fourth-order valence-electron chi connectivity index (χ4n) is 0. The molecule has 0 rings (SSSR count). The van der Waals surface area contributed by atoms with E-state index in [-0.39, 0.29) is 27.3 Å². The SMILES string of the molecule is O=S(O)O.[Pb]. The van der Waals surface area contributed by atoms with Crippen molar-refractivity contribution in [3.8, 4) is 0 Å². The summed E-state index contributed by atoms with van der Waals surface area (Å²) in [7, 11) is 0. The van der Waals surface area contributed by atoms with E-state index < -0.39 is 11.4 Å². The summed E-state index contributed by atoms with van der Waals surface area (Å²) in [4.78, 5) is 0. The van der Waals surface area contributed by atoms with Crippen LogP contribution in [0.1, 0.15) is 0 Å². The van der Waals surface area contributed by atoms with E-state index in [1.165, 1.54) is 0 Å². The molecule has 0 aromatic carbocycles. The molecule has 0 spiro atoms. The Morgan fingerprint density at radius 2 is 1.40 bits per heavy atom. The first kappa shape index (κ1) is 9.37. The van der Waals surface area contributed by atoms with Gasteiger partial charge in [-0.1, -0.05) is 0 Å². The van der Waals surface area contributed by atoms with Crippen molar-refractivity contribution in [1.82, 2.24) is 0 Å². The Hall–Kier alpha value is 0.992. The predicted octanol–water partition coefficient (Wildman–Crippen LogP) is -0.700. The fourth-order valence-corrected chi connectivity index (χ4v) is 0. The quantitative estimate of drug-likeness (QED) is 0.458. The molecule has 0 aromatic rings. The first-order valence-corrected chi connectivity index (χ1v) is 1.60. The van der Waals surface area contributed by atoms with Crippen LogP contribution in [0.2, 0.25) is 0 Å². The van der Waals surface area contributed by atoms with Crippen molar-refractivity contribution in [2.24, 2.45) is 0 Å². The van der Waals surface area contributed by atoms with E-state index in [2.05, 4.69) is 0 Å². The second kappa shape index (κ2) is 4.99. The normalized spacial score (nSPS) is 7.00. The monoisotopic (exact) mass is 290 g/mol. The van der Waals surface area contributed by atoms with Crippen LogP contribution in [0.15, 0.2) is 0 Å². The Kier molecular flexibility index (Phi) is 9.36. The maximum atomic E-state index is 8.67. The third-order valence-corrected chi connectivity index (χ3v) is 0. The Morgan fingerprint density at radius 1 is 1.40 bits per heavy atom. The van der Waals surface area contributed by atoms with Crippen molar-refractivity contribution >= 4 is 38.7 Å². The summed E-state index contributed by atoms with van der Waals surface area (Å²) in [6, 6.07) is 0. The Morgan fingerprint density at radius 3 is 1.40 bits per heavy atom. The van der Waals surface area contributed by atoms with Crippen LogP contribution in [0, 0.1) is 0 Å². The molecule has 5 heteroatoms. The predicted molar refractivity (Wildman–Crippen MR) is 19.2 cm³/mol. The van der Waals surface area contributed by atoms with Gasteiger partial charge in [-0.15, -0.1) is 0 Å². The van der Waals surface area contributed by atoms with Gasteiger partial charge in [0.2, 0.25) is 0 Å². The second-order valence-electron chi connectivity index (χ2n) is 0.231. The molecule has 0 aliphatic carbocycles. The molecule has 0 fully saturated rings. The van der Waals surface area contributed by atoms with Crippen LogP contribution >= 0.6 is 0 Å². The molecule has 5 heavy (non-hydrogen) atoms. The molecule has 4 radical (unpaired) electrons. The summed E-state index contributed by atoms with van der Waals surface area (Å²) in [6.45, 7) is 0. The molecule has 0 aromatic heterocycles. The van der Waals surface area contributed by atoms with Gasteiger partial charge in [0.1, 0.15) is 0 Å². The smallest absolute Gasteiger partial charge is 0.284 e. The van der Waals surface area contributed by atoms with E-state index in [1.807, 2.05) is 0 Å². The van der Waals surface area contributed by atoms with Gasteiger partial charge in [0.15, 0.2) is 0 Å². The van der Waals surface area contributed by atoms with Crippen molar-refractivity contribution in [1.29, 1.82) is 0 Å². The van der Waals surface area contributed by atoms with E-state index in [4.69, 9.17) is 13.3 Å². The van der Waals surface area contributed by atoms with E-state index in [0.717, 1.165) is 0 Å². The minimum atomic E-state index is -2.61. The zero-order valence-electron chi connectivity index (χ0n) is 2.21. The van der Waals surface area contributed by atoms with E-state index >= 15 is 0 Å². The third-order valence-electron chi connectivity index (χ3n) is 0. The molecule has 2 N–H and O–H groups in total. The van der Waals surface area contributed by atoms with Gasteiger partial charge in [0.25, 0.3) is 11.4 Å². The molecule has 0 aliphatic rings. The van der Waals surface area contributed by atoms with Crippen LogP contribution in [0.25, 0.3) is 0 Å². The fraction of sp³-hybridized carbons (Fsp3) is 0. The van der Waals surface area contributed by atoms with E-state index in [1.54, 1.807) is 0 Å². The maximum Gasteiger partial charge on any atom is 0.299 e. The molecular weight excluding hydrogens is 287 g/mol. The molecule has 0 amide bonds. The summed E-state index contributed by atoms with van der Waals surface area (Å²) in [5.41, 5.74) is 0. The summed E-state index contributed by atoms with van der Waals surface area (Å²) in [6.07, 6.45) is 0. The average Bonchev–Trinajstić information content (AvgIpc) is 0.811. The zero-order chi connectivity index (χ0) is 3.58. The van der Waals surface area contributed by atoms with Gasteiger partial charge in [-0.3, -0.25) is 9.11 Å². The topological polar surface area (TPSA) is 57.5 Å². The Balaban J connectivity index is 0. The van der Waals surface area contributed by atoms with E-state index in [9.17, 15) is 0 Å². The molecular formula is H2O3PbS. The van der Waals surface area contributed by atoms with Crippen LogP contribution < -0.4 is 0 Å². The van der Waals surface area contributed by atoms with Gasteiger partial charge in [0.05, 0.1) is 0 Å². The van der Waals surface area contributed by atoms with Gasteiger partial charge in [-0.25, -0.2) is 0 Å². The van der Waals surface area contributed by atoms with Gasteiger partial charge >= 0.3 is 0 Å². The van der Waals surface area contributed by atoms with E-state index in [0.29, 0.717) is 0 Å². The first-order chi connectivity index (χ1) is 1.73.